The van der Waals surface area contributed by atoms with Crippen molar-refractivity contribution in [1.29, 1.82) is 0 Å². The maximum Gasteiger partial charge on any atom is 0.421 e. The van der Waals surface area contributed by atoms with Crippen molar-refractivity contribution < 1.29 is 17.9 Å². The highest BCUT2D eigenvalue weighted by molar-refractivity contribution is 5.45. The van der Waals surface area contributed by atoms with Crippen molar-refractivity contribution in [2.75, 3.05) is 24.6 Å². The summed E-state index contributed by atoms with van der Waals surface area (Å²) in [4.78, 5) is 5.85. The number of hydrogen-bond acceptors (Lipinski definition) is 6. The molecule has 1 fully saturated rings. The van der Waals surface area contributed by atoms with Gasteiger partial charge in [0.05, 0.1) is 6.61 Å². The third kappa shape index (κ3) is 3.79. The molecule has 0 N–H and O–H groups in total. The number of pyridine rings is 1. The second-order valence-corrected chi connectivity index (χ2v) is 6.44. The van der Waals surface area contributed by atoms with Crippen LogP contribution in [0.4, 0.5) is 19.0 Å². The Bertz CT molecular complexity index is 928. The van der Waals surface area contributed by atoms with Crippen LogP contribution in [0.15, 0.2) is 36.8 Å². The second-order valence-electron chi connectivity index (χ2n) is 6.44. The lowest BCUT2D eigenvalue weighted by Crippen LogP contribution is -2.38. The highest BCUT2D eigenvalue weighted by Crippen LogP contribution is 2.35. The molecule has 1 aliphatic rings. The van der Waals surface area contributed by atoms with Gasteiger partial charge in [0.15, 0.2) is 5.65 Å². The van der Waals surface area contributed by atoms with Crippen LogP contribution < -0.4 is 9.64 Å². The fourth-order valence-corrected chi connectivity index (χ4v) is 3.21. The minimum absolute atomic E-state index is 0.0836. The number of anilines is 1. The van der Waals surface area contributed by atoms with Crippen molar-refractivity contribution in [3.8, 4) is 5.88 Å². The number of alkyl halides is 3. The topological polar surface area (TPSA) is 68.4 Å². The van der Waals surface area contributed by atoms with Crippen molar-refractivity contribution in [2.45, 2.75) is 19.0 Å². The lowest BCUT2D eigenvalue weighted by atomic mass is 9.99. The molecule has 3 aromatic heterocycles. The summed E-state index contributed by atoms with van der Waals surface area (Å²) in [7, 11) is 0. The molecule has 0 radical (unpaired) electrons. The summed E-state index contributed by atoms with van der Waals surface area (Å²) >= 11 is 0. The van der Waals surface area contributed by atoms with Crippen LogP contribution in [0.5, 0.6) is 5.88 Å². The van der Waals surface area contributed by atoms with E-state index in [0.717, 1.165) is 31.3 Å². The van der Waals surface area contributed by atoms with Crippen LogP contribution in [-0.2, 0) is 6.18 Å². The predicted octanol–water partition coefficient (Wildman–Crippen LogP) is 2.83. The van der Waals surface area contributed by atoms with E-state index in [2.05, 4.69) is 25.2 Å². The van der Waals surface area contributed by atoms with Gasteiger partial charge in [-0.1, -0.05) is 0 Å². The van der Waals surface area contributed by atoms with E-state index in [4.69, 9.17) is 4.74 Å². The first-order valence-electron chi connectivity index (χ1n) is 8.58. The van der Waals surface area contributed by atoms with Gasteiger partial charge in [-0.3, -0.25) is 0 Å². The van der Waals surface area contributed by atoms with Gasteiger partial charge in [-0.05, 0) is 37.1 Å². The quantitative estimate of drug-likeness (QED) is 0.696. The zero-order chi connectivity index (χ0) is 18.9. The molecule has 10 heteroatoms. The number of piperidine rings is 1. The summed E-state index contributed by atoms with van der Waals surface area (Å²) in [5.41, 5.74) is -0.192. The SMILES string of the molecule is FC(F)(F)c1cccnc1OCC1CCCN(c2ccc3nncn3n2)C1. The molecule has 1 aliphatic heterocycles. The zero-order valence-corrected chi connectivity index (χ0v) is 14.3. The first-order chi connectivity index (χ1) is 13.0. The summed E-state index contributed by atoms with van der Waals surface area (Å²) in [5.74, 6) is 0.493. The molecule has 0 aliphatic carbocycles. The Morgan fingerprint density at radius 3 is 2.96 bits per heavy atom. The van der Waals surface area contributed by atoms with Crippen molar-refractivity contribution in [2.24, 2.45) is 5.92 Å². The van der Waals surface area contributed by atoms with E-state index in [1.165, 1.54) is 18.6 Å². The molecule has 7 nitrogen and oxygen atoms in total. The van der Waals surface area contributed by atoms with Crippen LogP contribution in [0, 0.1) is 5.92 Å². The standard InChI is InChI=1S/C17H17F3N6O/c18-17(19,20)13-4-1-7-21-16(13)27-10-12-3-2-8-25(9-12)15-6-5-14-23-22-11-26(14)24-15/h1,4-7,11-12H,2-3,8-10H2. The number of fused-ring (bicyclic) bond motifs is 1. The molecule has 0 amide bonds. The van der Waals surface area contributed by atoms with Crippen LogP contribution in [0.3, 0.4) is 0 Å². The average Bonchev–Trinajstić information content (AvgIpc) is 3.14. The molecule has 1 saturated heterocycles. The molecular weight excluding hydrogens is 361 g/mol. The van der Waals surface area contributed by atoms with E-state index in [-0.39, 0.29) is 18.4 Å². The fraction of sp³-hybridized carbons (Fsp3) is 0.412. The minimum atomic E-state index is -4.49. The Kier molecular flexibility index (Phi) is 4.54. The van der Waals surface area contributed by atoms with Crippen molar-refractivity contribution in [1.82, 2.24) is 24.8 Å². The molecule has 0 spiro atoms. The van der Waals surface area contributed by atoms with E-state index < -0.39 is 11.7 Å². The fourth-order valence-electron chi connectivity index (χ4n) is 3.21. The van der Waals surface area contributed by atoms with Crippen LogP contribution in [-0.4, -0.2) is 44.5 Å². The lowest BCUT2D eigenvalue weighted by molar-refractivity contribution is -0.139. The highest BCUT2D eigenvalue weighted by Gasteiger charge is 2.35. The number of aromatic nitrogens is 5. The first kappa shape index (κ1) is 17.5. The third-order valence-corrected chi connectivity index (χ3v) is 4.52. The van der Waals surface area contributed by atoms with Gasteiger partial charge in [-0.25, -0.2) is 4.98 Å². The van der Waals surface area contributed by atoms with Crippen molar-refractivity contribution >= 4 is 11.5 Å². The normalized spacial score (nSPS) is 18.0. The average molecular weight is 378 g/mol. The Labute approximate surface area is 152 Å². The summed E-state index contributed by atoms with van der Waals surface area (Å²) in [6, 6.07) is 5.94. The van der Waals surface area contributed by atoms with E-state index in [1.54, 1.807) is 4.52 Å². The summed E-state index contributed by atoms with van der Waals surface area (Å²) in [6.45, 7) is 1.65. The van der Waals surface area contributed by atoms with E-state index in [9.17, 15) is 13.2 Å². The second kappa shape index (κ2) is 7.01. The predicted molar refractivity (Wildman–Crippen MR) is 90.5 cm³/mol. The number of ether oxygens (including phenoxy) is 1. The van der Waals surface area contributed by atoms with Gasteiger partial charge < -0.3 is 9.64 Å². The van der Waals surface area contributed by atoms with Crippen LogP contribution in [0.2, 0.25) is 0 Å². The molecular formula is C17H17F3N6O. The summed E-state index contributed by atoms with van der Waals surface area (Å²) < 4.78 is 46.2. The third-order valence-electron chi connectivity index (χ3n) is 4.52. The molecule has 27 heavy (non-hydrogen) atoms. The summed E-state index contributed by atoms with van der Waals surface area (Å²) in [6.07, 6.45) is 0.128. The van der Waals surface area contributed by atoms with E-state index in [0.29, 0.717) is 12.2 Å². The van der Waals surface area contributed by atoms with Gasteiger partial charge in [-0.15, -0.1) is 15.3 Å². The minimum Gasteiger partial charge on any atom is -0.477 e. The van der Waals surface area contributed by atoms with Crippen molar-refractivity contribution in [3.05, 3.63) is 42.4 Å². The smallest absolute Gasteiger partial charge is 0.421 e. The molecule has 4 rings (SSSR count). The van der Waals surface area contributed by atoms with Gasteiger partial charge in [0.2, 0.25) is 5.88 Å². The van der Waals surface area contributed by atoms with E-state index >= 15 is 0 Å². The number of hydrogen-bond donors (Lipinski definition) is 0. The monoisotopic (exact) mass is 378 g/mol. The highest BCUT2D eigenvalue weighted by atomic mass is 19.4. The molecule has 0 aromatic carbocycles. The van der Waals surface area contributed by atoms with E-state index in [1.807, 2.05) is 12.1 Å². The molecule has 3 aromatic rings. The maximum absolute atomic E-state index is 13.0. The Morgan fingerprint density at radius 1 is 1.22 bits per heavy atom. The molecule has 1 atom stereocenters. The van der Waals surface area contributed by atoms with Gasteiger partial charge >= 0.3 is 6.18 Å². The Balaban J connectivity index is 1.43. The summed E-state index contributed by atoms with van der Waals surface area (Å²) in [5, 5.41) is 12.2. The number of nitrogens with zero attached hydrogens (tertiary/aromatic N) is 6. The van der Waals surface area contributed by atoms with Crippen LogP contribution >= 0.6 is 0 Å². The maximum atomic E-state index is 13.0. The van der Waals surface area contributed by atoms with Gasteiger partial charge in [0.1, 0.15) is 17.7 Å². The molecule has 0 bridgehead atoms. The van der Waals surface area contributed by atoms with Gasteiger partial charge in [-0.2, -0.15) is 17.7 Å². The number of rotatable bonds is 4. The number of halogens is 3. The lowest BCUT2D eigenvalue weighted by Gasteiger charge is -2.33. The Morgan fingerprint density at radius 2 is 2.11 bits per heavy atom. The van der Waals surface area contributed by atoms with Gasteiger partial charge in [0, 0.05) is 25.2 Å². The van der Waals surface area contributed by atoms with Crippen LogP contribution in [0.1, 0.15) is 18.4 Å². The molecule has 4 heterocycles. The largest absolute Gasteiger partial charge is 0.477 e. The first-order valence-corrected chi connectivity index (χ1v) is 8.58. The van der Waals surface area contributed by atoms with Crippen LogP contribution in [0.25, 0.3) is 5.65 Å². The molecule has 0 saturated carbocycles. The zero-order valence-electron chi connectivity index (χ0n) is 14.3. The van der Waals surface area contributed by atoms with Crippen molar-refractivity contribution in [3.63, 3.8) is 0 Å². The Hall–Kier alpha value is -2.91. The molecule has 1 unspecified atom stereocenters. The molecule has 142 valence electrons. The van der Waals surface area contributed by atoms with Gasteiger partial charge in [0.25, 0.3) is 0 Å².